The van der Waals surface area contributed by atoms with Crippen molar-refractivity contribution in [2.24, 2.45) is 17.8 Å². The summed E-state index contributed by atoms with van der Waals surface area (Å²) >= 11 is 0. The van der Waals surface area contributed by atoms with Gasteiger partial charge >= 0.3 is 5.97 Å². The normalized spacial score (nSPS) is 50.0. The number of nitrogens with zero attached hydrogens (tertiary/aromatic N) is 1. The van der Waals surface area contributed by atoms with E-state index < -0.39 is 89.7 Å². The molecule has 0 radical (unpaired) electrons. The number of hydrogen-bond acceptors (Lipinski definition) is 13. The summed E-state index contributed by atoms with van der Waals surface area (Å²) in [4.78, 5) is 16.3. The first-order valence-electron chi connectivity index (χ1n) is 19.1. The van der Waals surface area contributed by atoms with Crippen LogP contribution in [0.5, 0.6) is 0 Å². The van der Waals surface area contributed by atoms with Crippen LogP contribution in [0, 0.1) is 17.8 Å². The Balaban J connectivity index is 2.18. The number of methoxy groups -OCH3 is 2. The molecule has 13 heteroatoms. The minimum atomic E-state index is -1.55. The van der Waals surface area contributed by atoms with Gasteiger partial charge in [-0.25, -0.2) is 0 Å². The molecule has 3 rings (SSSR count). The Kier molecular flexibility index (Phi) is 15.4. The largest absolute Gasteiger partial charge is 0.459 e. The second-order valence-corrected chi connectivity index (χ2v) is 16.6. The first-order chi connectivity index (χ1) is 23.6. The molecule has 2 saturated heterocycles. The van der Waals surface area contributed by atoms with Crippen LogP contribution in [0.2, 0.25) is 0 Å². The van der Waals surface area contributed by atoms with Crippen molar-refractivity contribution >= 4 is 5.97 Å². The monoisotopic (exact) mass is 733 g/mol. The Bertz CT molecular complexity index is 1120. The van der Waals surface area contributed by atoms with E-state index in [1.54, 1.807) is 34.9 Å². The van der Waals surface area contributed by atoms with Crippen LogP contribution in [-0.4, -0.2) is 150 Å². The number of carbonyl (C=O) groups is 1. The van der Waals surface area contributed by atoms with E-state index in [-0.39, 0.29) is 30.5 Å². The molecule has 18 atom stereocenters. The van der Waals surface area contributed by atoms with Crippen molar-refractivity contribution in [2.75, 3.05) is 28.3 Å². The smallest absolute Gasteiger partial charge is 0.311 e. The van der Waals surface area contributed by atoms with E-state index in [0.29, 0.717) is 25.7 Å². The third-order valence-electron chi connectivity index (χ3n) is 13.0. The predicted molar refractivity (Wildman–Crippen MR) is 193 cm³/mol. The molecule has 1 aliphatic carbocycles. The van der Waals surface area contributed by atoms with Gasteiger partial charge in [0.2, 0.25) is 0 Å². The third kappa shape index (κ3) is 9.29. The summed E-state index contributed by atoms with van der Waals surface area (Å²) in [6.45, 7) is 18.5. The highest BCUT2D eigenvalue weighted by Gasteiger charge is 2.53. The number of aliphatic hydroxyl groups is 4. The molecule has 0 amide bonds. The van der Waals surface area contributed by atoms with Crippen LogP contribution in [0.15, 0.2) is 0 Å². The van der Waals surface area contributed by atoms with Gasteiger partial charge in [0.15, 0.2) is 6.29 Å². The van der Waals surface area contributed by atoms with Crippen LogP contribution in [0.4, 0.5) is 0 Å². The Morgan fingerprint density at radius 3 is 2.14 bits per heavy atom. The lowest BCUT2D eigenvalue weighted by atomic mass is 9.74. The highest BCUT2D eigenvalue weighted by molar-refractivity contribution is 5.73. The minimum Gasteiger partial charge on any atom is -0.459 e. The fourth-order valence-corrected chi connectivity index (χ4v) is 8.91. The molecule has 51 heavy (non-hydrogen) atoms. The zero-order valence-electron chi connectivity index (χ0n) is 33.8. The van der Waals surface area contributed by atoms with E-state index in [4.69, 9.17) is 28.4 Å². The van der Waals surface area contributed by atoms with Crippen molar-refractivity contribution in [2.45, 2.75) is 191 Å². The van der Waals surface area contributed by atoms with Crippen LogP contribution in [-0.2, 0) is 33.2 Å². The van der Waals surface area contributed by atoms with E-state index >= 15 is 0 Å². The van der Waals surface area contributed by atoms with E-state index in [1.165, 1.54) is 7.11 Å². The number of esters is 1. The number of aliphatic hydroxyl groups excluding tert-OH is 3. The molecule has 1 saturated carbocycles. The van der Waals surface area contributed by atoms with Crippen molar-refractivity contribution in [1.29, 1.82) is 0 Å². The lowest BCUT2D eigenvalue weighted by Crippen LogP contribution is -2.63. The number of nitrogens with one attached hydrogen (secondary N) is 1. The second kappa shape index (κ2) is 17.7. The van der Waals surface area contributed by atoms with E-state index in [1.807, 2.05) is 60.4 Å². The maximum atomic E-state index is 14.3. The summed E-state index contributed by atoms with van der Waals surface area (Å²) in [7, 11) is 6.76. The predicted octanol–water partition coefficient (Wildman–Crippen LogP) is 2.63. The SMILES string of the molecule is CC[C@H]1OC(=O)[C@H](C)[C@@H](O[C@@H]2CC[C@](C)(OC)[C@H](O)[C@H]2C)[C@H](C)[C@@H](O[C@@H]2O[C@H](C)C[C@@H](NC)[C@H]2O)[C@](C)(O)C[C@@H](C)N(C)[C@H](C)[C@@H](O)[C@]1(C)OC. The van der Waals surface area contributed by atoms with Gasteiger partial charge in [-0.2, -0.15) is 0 Å². The number of carbonyl (C=O) groups excluding carboxylic acids is 1. The van der Waals surface area contributed by atoms with Gasteiger partial charge in [0, 0.05) is 44.2 Å². The number of likely N-dealkylation sites (N-methyl/N-ethyl adjacent to an activating group) is 2. The van der Waals surface area contributed by atoms with Crippen LogP contribution < -0.4 is 5.32 Å². The fourth-order valence-electron chi connectivity index (χ4n) is 8.91. The van der Waals surface area contributed by atoms with Gasteiger partial charge in [-0.3, -0.25) is 9.69 Å². The van der Waals surface area contributed by atoms with Crippen LogP contribution in [0.3, 0.4) is 0 Å². The molecule has 3 aliphatic rings. The van der Waals surface area contributed by atoms with Crippen molar-refractivity contribution in [1.82, 2.24) is 10.2 Å². The average molecular weight is 733 g/mol. The summed E-state index contributed by atoms with van der Waals surface area (Å²) in [5.41, 5.74) is -3.55. The van der Waals surface area contributed by atoms with Gasteiger partial charge in [0.25, 0.3) is 0 Å². The topological polar surface area (TPSA) is 169 Å². The molecule has 0 spiro atoms. The molecule has 0 bridgehead atoms. The molecular formula is C38H72N2O11. The highest BCUT2D eigenvalue weighted by Crippen LogP contribution is 2.42. The molecule has 0 aromatic heterocycles. The van der Waals surface area contributed by atoms with E-state index in [0.717, 1.165) is 0 Å². The average Bonchev–Trinajstić information content (AvgIpc) is 3.09. The van der Waals surface area contributed by atoms with Gasteiger partial charge in [0.1, 0.15) is 23.9 Å². The summed E-state index contributed by atoms with van der Waals surface area (Å²) in [5.74, 6) is -2.43. The Labute approximate surface area is 307 Å². The lowest BCUT2D eigenvalue weighted by Gasteiger charge is -2.50. The van der Waals surface area contributed by atoms with Crippen molar-refractivity contribution in [3.8, 4) is 0 Å². The molecule has 0 aromatic carbocycles. The Morgan fingerprint density at radius 2 is 1.59 bits per heavy atom. The maximum absolute atomic E-state index is 14.3. The Morgan fingerprint density at radius 1 is 0.961 bits per heavy atom. The quantitative estimate of drug-likeness (QED) is 0.231. The Hall–Kier alpha value is -0.970. The van der Waals surface area contributed by atoms with Crippen molar-refractivity contribution < 1.29 is 53.6 Å². The lowest BCUT2D eigenvalue weighted by molar-refractivity contribution is -0.298. The third-order valence-corrected chi connectivity index (χ3v) is 13.0. The molecule has 13 nitrogen and oxygen atoms in total. The molecular weight excluding hydrogens is 660 g/mol. The molecule has 2 aliphatic heterocycles. The molecule has 2 heterocycles. The van der Waals surface area contributed by atoms with Gasteiger partial charge < -0.3 is 54.2 Å². The zero-order chi connectivity index (χ0) is 38.8. The maximum Gasteiger partial charge on any atom is 0.311 e. The number of rotatable bonds is 8. The van der Waals surface area contributed by atoms with Gasteiger partial charge in [-0.15, -0.1) is 0 Å². The van der Waals surface area contributed by atoms with Crippen LogP contribution in [0.1, 0.15) is 101 Å². The van der Waals surface area contributed by atoms with Crippen LogP contribution >= 0.6 is 0 Å². The van der Waals surface area contributed by atoms with Crippen LogP contribution in [0.25, 0.3) is 0 Å². The summed E-state index contributed by atoms with van der Waals surface area (Å²) < 4.78 is 37.7. The molecule has 5 N–H and O–H groups in total. The minimum absolute atomic E-state index is 0.209. The summed E-state index contributed by atoms with van der Waals surface area (Å²) in [6, 6.07) is -1.03. The van der Waals surface area contributed by atoms with E-state index in [2.05, 4.69) is 5.32 Å². The van der Waals surface area contributed by atoms with Crippen molar-refractivity contribution in [3.05, 3.63) is 0 Å². The van der Waals surface area contributed by atoms with Gasteiger partial charge in [0.05, 0.1) is 47.6 Å². The molecule has 0 aromatic rings. The summed E-state index contributed by atoms with van der Waals surface area (Å²) in [6.07, 6.45) is -5.10. The summed E-state index contributed by atoms with van der Waals surface area (Å²) in [5, 5.41) is 50.2. The number of hydrogen-bond donors (Lipinski definition) is 5. The number of ether oxygens (including phenoxy) is 6. The number of cyclic esters (lactones) is 1. The molecule has 3 fully saturated rings. The molecule has 0 unspecified atom stereocenters. The first kappa shape index (κ1) is 44.4. The molecule has 300 valence electrons. The van der Waals surface area contributed by atoms with E-state index in [9.17, 15) is 25.2 Å². The highest BCUT2D eigenvalue weighted by atomic mass is 16.7. The first-order valence-corrected chi connectivity index (χ1v) is 19.1. The van der Waals surface area contributed by atoms with Gasteiger partial charge in [-0.05, 0) is 94.7 Å². The van der Waals surface area contributed by atoms with Gasteiger partial charge in [-0.1, -0.05) is 20.8 Å². The zero-order valence-corrected chi connectivity index (χ0v) is 33.8. The standard InChI is InChI=1S/C38H72N2O11/c1-15-28-38(10,47-14)32(43)25(7)40(12)20(2)19-36(8,45)33(51-35-29(41)26(39-11)18-21(3)48-35)23(5)30(24(6)34(44)50-28)49-27-16-17-37(9,46-13)31(42)22(27)4/h20-33,35,39,41-43,45H,15-19H2,1-14H3/t20-,21-,22+,23+,24-,25-,26-,27-,28-,29-,30+,31-,32-,33-,35+,36-,37+,38-/m1/s1. The fraction of sp³-hybridized carbons (Fsp3) is 0.974. The van der Waals surface area contributed by atoms with Crippen molar-refractivity contribution in [3.63, 3.8) is 0 Å². The second-order valence-electron chi connectivity index (χ2n) is 16.6.